The topological polar surface area (TPSA) is 25.8 Å². The molecule has 2 rings (SSSR count). The lowest BCUT2D eigenvalue weighted by molar-refractivity contribution is 0.651. The fourth-order valence-corrected chi connectivity index (χ4v) is 1.60. The summed E-state index contributed by atoms with van der Waals surface area (Å²) in [5, 5.41) is 8.21. The molecule has 1 aromatic heterocycles. The summed E-state index contributed by atoms with van der Waals surface area (Å²) in [4.78, 5) is 0. The molecule has 1 aliphatic rings. The highest BCUT2D eigenvalue weighted by Crippen LogP contribution is 2.18. The van der Waals surface area contributed by atoms with E-state index in [0.29, 0.717) is 0 Å². The summed E-state index contributed by atoms with van der Waals surface area (Å²) in [5.74, 6) is 0. The van der Waals surface area contributed by atoms with Crippen molar-refractivity contribution < 1.29 is 0 Å². The molecule has 72 valence electrons. The van der Waals surface area contributed by atoms with Crippen molar-refractivity contribution in [3.8, 4) is 0 Å². The summed E-state index contributed by atoms with van der Waals surface area (Å²) in [6, 6.07) is 2.17. The zero-order valence-electron chi connectivity index (χ0n) is 8.80. The smallest absolute Gasteiger partial charge is 0.0663 e. The lowest BCUT2D eigenvalue weighted by Crippen LogP contribution is -2.07. The maximum absolute atomic E-state index is 4.17. The van der Waals surface area contributed by atoms with Crippen LogP contribution >= 0.6 is 0 Å². The second-order valence-corrected chi connectivity index (χ2v) is 3.16. The first-order valence-electron chi connectivity index (χ1n) is 5.18. The van der Waals surface area contributed by atoms with E-state index in [0.717, 1.165) is 12.1 Å². The molecule has 2 nitrogen and oxygen atoms in total. The normalized spacial score (nSPS) is 14.1. The highest BCUT2D eigenvalue weighted by atomic mass is 15.1. The van der Waals surface area contributed by atoms with Crippen LogP contribution < -0.4 is 0 Å². The number of nitrogens with zero attached hydrogens (tertiary/aromatic N) is 2. The van der Waals surface area contributed by atoms with E-state index in [9.17, 15) is 0 Å². The quantitative estimate of drug-likeness (QED) is 0.610. The molecule has 1 aliphatic carbocycles. The van der Waals surface area contributed by atoms with Gasteiger partial charge in [-0.25, -0.2) is 0 Å². The monoisotopic (exact) mass is 178 g/mol. The Balaban J connectivity index is 0.000000396. The Morgan fingerprint density at radius 3 is 2.54 bits per heavy atom. The van der Waals surface area contributed by atoms with Gasteiger partial charge in [-0.3, -0.25) is 0 Å². The van der Waals surface area contributed by atoms with Crippen LogP contribution in [-0.2, 0) is 12.8 Å². The number of aryl methyl sites for hydroxylation is 3. The number of hydrogen-bond donors (Lipinski definition) is 0. The lowest BCUT2D eigenvalue weighted by Gasteiger charge is -2.12. The fourth-order valence-electron chi connectivity index (χ4n) is 1.60. The van der Waals surface area contributed by atoms with Gasteiger partial charge in [-0.2, -0.15) is 10.2 Å². The van der Waals surface area contributed by atoms with Crippen LogP contribution in [0.2, 0.25) is 0 Å². The van der Waals surface area contributed by atoms with Crippen molar-refractivity contribution in [2.45, 2.75) is 46.5 Å². The predicted octanol–water partition coefficient (Wildman–Crippen LogP) is 2.69. The van der Waals surface area contributed by atoms with E-state index in [-0.39, 0.29) is 0 Å². The van der Waals surface area contributed by atoms with E-state index in [1.165, 1.54) is 30.5 Å². The first-order valence-corrected chi connectivity index (χ1v) is 5.18. The lowest BCUT2D eigenvalue weighted by atomic mass is 9.96. The molecule has 0 saturated carbocycles. The molecule has 0 amide bonds. The molecule has 0 spiro atoms. The Bertz CT molecular complexity index is 269. The molecule has 0 aliphatic heterocycles. The number of hydrogen-bond acceptors (Lipinski definition) is 2. The molecule has 0 aromatic carbocycles. The number of aromatic nitrogens is 2. The summed E-state index contributed by atoms with van der Waals surface area (Å²) in [5.41, 5.74) is 3.69. The van der Waals surface area contributed by atoms with Crippen LogP contribution in [0.4, 0.5) is 0 Å². The first-order chi connectivity index (χ1) is 6.36. The summed E-state index contributed by atoms with van der Waals surface area (Å²) >= 11 is 0. The molecule has 0 saturated heterocycles. The van der Waals surface area contributed by atoms with E-state index in [2.05, 4.69) is 16.3 Å². The molecule has 0 bridgehead atoms. The minimum absolute atomic E-state index is 1.05. The molecule has 0 radical (unpaired) electrons. The van der Waals surface area contributed by atoms with E-state index < -0.39 is 0 Å². The molecule has 0 fully saturated rings. The second-order valence-electron chi connectivity index (χ2n) is 3.16. The molecule has 1 heterocycles. The van der Waals surface area contributed by atoms with Gasteiger partial charge in [-0.05, 0) is 44.2 Å². The zero-order valence-corrected chi connectivity index (χ0v) is 8.80. The minimum Gasteiger partial charge on any atom is -0.156 e. The average Bonchev–Trinajstić information content (AvgIpc) is 2.21. The third-order valence-electron chi connectivity index (χ3n) is 2.19. The van der Waals surface area contributed by atoms with Gasteiger partial charge >= 0.3 is 0 Å². The van der Waals surface area contributed by atoms with Crippen molar-refractivity contribution in [1.29, 1.82) is 0 Å². The predicted molar refractivity (Wildman–Crippen MR) is 54.8 cm³/mol. The summed E-state index contributed by atoms with van der Waals surface area (Å²) in [7, 11) is 0. The molecule has 0 atom stereocenters. The van der Waals surface area contributed by atoms with E-state index in [1.807, 2.05) is 20.8 Å². The summed E-state index contributed by atoms with van der Waals surface area (Å²) < 4.78 is 0. The molecule has 1 aromatic rings. The Morgan fingerprint density at radius 2 is 1.77 bits per heavy atom. The Kier molecular flexibility index (Phi) is 3.87. The van der Waals surface area contributed by atoms with Crippen molar-refractivity contribution >= 4 is 0 Å². The van der Waals surface area contributed by atoms with E-state index >= 15 is 0 Å². The van der Waals surface area contributed by atoms with E-state index in [1.54, 1.807) is 0 Å². The average molecular weight is 178 g/mol. The van der Waals surface area contributed by atoms with Gasteiger partial charge in [-0.15, -0.1) is 0 Å². The Labute approximate surface area is 80.4 Å². The maximum atomic E-state index is 4.17. The van der Waals surface area contributed by atoms with Crippen molar-refractivity contribution in [1.82, 2.24) is 10.2 Å². The van der Waals surface area contributed by atoms with Crippen molar-refractivity contribution in [3.05, 3.63) is 23.0 Å². The highest BCUT2D eigenvalue weighted by Gasteiger charge is 2.10. The molecule has 0 unspecified atom stereocenters. The van der Waals surface area contributed by atoms with Gasteiger partial charge in [0.25, 0.3) is 0 Å². The second kappa shape index (κ2) is 4.95. The van der Waals surface area contributed by atoms with Gasteiger partial charge < -0.3 is 0 Å². The van der Waals surface area contributed by atoms with Crippen molar-refractivity contribution in [3.63, 3.8) is 0 Å². The van der Waals surface area contributed by atoms with Crippen LogP contribution in [0.1, 0.15) is 43.6 Å². The molecule has 2 heteroatoms. The van der Waals surface area contributed by atoms with Crippen molar-refractivity contribution in [2.24, 2.45) is 0 Å². The fraction of sp³-hybridized carbons (Fsp3) is 0.636. The zero-order chi connectivity index (χ0) is 9.68. The first kappa shape index (κ1) is 10.2. The van der Waals surface area contributed by atoms with Gasteiger partial charge in [0.15, 0.2) is 0 Å². The third-order valence-corrected chi connectivity index (χ3v) is 2.19. The van der Waals surface area contributed by atoms with Gasteiger partial charge in [0.05, 0.1) is 11.4 Å². The Morgan fingerprint density at radius 1 is 1.08 bits per heavy atom. The van der Waals surface area contributed by atoms with Crippen LogP contribution in [0.5, 0.6) is 0 Å². The van der Waals surface area contributed by atoms with Gasteiger partial charge in [-0.1, -0.05) is 13.8 Å². The van der Waals surface area contributed by atoms with Crippen LogP contribution in [0.15, 0.2) is 6.07 Å². The summed E-state index contributed by atoms with van der Waals surface area (Å²) in [6.07, 6.45) is 4.93. The van der Waals surface area contributed by atoms with Crippen molar-refractivity contribution in [2.75, 3.05) is 0 Å². The van der Waals surface area contributed by atoms with Gasteiger partial charge in [0.1, 0.15) is 0 Å². The van der Waals surface area contributed by atoms with Gasteiger partial charge in [0, 0.05) is 0 Å². The highest BCUT2D eigenvalue weighted by molar-refractivity contribution is 5.22. The molecular formula is C11H18N2. The molecule has 0 N–H and O–H groups in total. The molecular weight excluding hydrogens is 160 g/mol. The molecule has 13 heavy (non-hydrogen) atoms. The Hall–Kier alpha value is -0.920. The number of rotatable bonds is 0. The summed E-state index contributed by atoms with van der Waals surface area (Å²) in [6.45, 7) is 6.00. The van der Waals surface area contributed by atoms with Crippen LogP contribution in [0, 0.1) is 6.92 Å². The van der Waals surface area contributed by atoms with Crippen LogP contribution in [0.25, 0.3) is 0 Å². The van der Waals surface area contributed by atoms with Crippen LogP contribution in [0.3, 0.4) is 0 Å². The third kappa shape index (κ3) is 2.51. The van der Waals surface area contributed by atoms with E-state index in [4.69, 9.17) is 0 Å². The van der Waals surface area contributed by atoms with Gasteiger partial charge in [0.2, 0.25) is 0 Å². The SMILES string of the molecule is CC.Cc1cc2c(nn1)CCCC2. The standard InChI is InChI=1S/C9H12N2.C2H6/c1-7-6-8-4-2-3-5-9(8)11-10-7;1-2/h6H,2-5H2,1H3;1-2H3. The maximum Gasteiger partial charge on any atom is 0.0663 e. The van der Waals surface area contributed by atoms with Crippen LogP contribution in [-0.4, -0.2) is 10.2 Å². The largest absolute Gasteiger partial charge is 0.156 e. The minimum atomic E-state index is 1.05. The number of fused-ring (bicyclic) bond motifs is 1.